The van der Waals surface area contributed by atoms with E-state index in [1.165, 1.54) is 0 Å². The Morgan fingerprint density at radius 3 is 3.00 bits per heavy atom. The van der Waals surface area contributed by atoms with Gasteiger partial charge in [0.05, 0.1) is 11.3 Å². The van der Waals surface area contributed by atoms with E-state index < -0.39 is 0 Å². The molecule has 2 saturated heterocycles. The topological polar surface area (TPSA) is 89.1 Å². The lowest BCUT2D eigenvalue weighted by Gasteiger charge is -2.32. The van der Waals surface area contributed by atoms with Gasteiger partial charge in [0, 0.05) is 52.1 Å². The zero-order chi connectivity index (χ0) is 18.8. The summed E-state index contributed by atoms with van der Waals surface area (Å²) < 4.78 is 6.86. The molecule has 0 aliphatic carbocycles. The maximum atomic E-state index is 13.3. The average Bonchev–Trinajstić information content (AvgIpc) is 3.27. The molecule has 1 amide bonds. The van der Waals surface area contributed by atoms with Crippen molar-refractivity contribution in [3.8, 4) is 0 Å². The molecule has 0 aromatic carbocycles. The molecule has 2 fully saturated rings. The molecular weight excluding hydrogens is 344 g/mol. The maximum absolute atomic E-state index is 13.3. The summed E-state index contributed by atoms with van der Waals surface area (Å²) in [5, 5.41) is 12.1. The van der Waals surface area contributed by atoms with Gasteiger partial charge < -0.3 is 14.7 Å². The van der Waals surface area contributed by atoms with Gasteiger partial charge in [-0.25, -0.2) is 0 Å². The Labute approximate surface area is 159 Å². The van der Waals surface area contributed by atoms with E-state index in [1.54, 1.807) is 11.6 Å². The van der Waals surface area contributed by atoms with Crippen LogP contribution < -0.4 is 5.32 Å². The lowest BCUT2D eigenvalue weighted by Crippen LogP contribution is -2.41. The first kappa shape index (κ1) is 18.2. The minimum absolute atomic E-state index is 0.109. The first-order valence-corrected chi connectivity index (χ1v) is 9.93. The smallest absolute Gasteiger partial charge is 0.257 e. The van der Waals surface area contributed by atoms with E-state index in [0.717, 1.165) is 75.4 Å². The Morgan fingerprint density at radius 2 is 2.26 bits per heavy atom. The van der Waals surface area contributed by atoms with Crippen LogP contribution in [0.25, 0.3) is 0 Å². The molecule has 0 radical (unpaired) electrons. The van der Waals surface area contributed by atoms with Gasteiger partial charge in [-0.05, 0) is 38.1 Å². The van der Waals surface area contributed by atoms with Crippen molar-refractivity contribution in [2.75, 3.05) is 26.2 Å². The van der Waals surface area contributed by atoms with Crippen LogP contribution in [-0.2, 0) is 13.5 Å². The summed E-state index contributed by atoms with van der Waals surface area (Å²) in [5.74, 6) is 2.13. The molecule has 0 bridgehead atoms. The molecule has 2 unspecified atom stereocenters. The van der Waals surface area contributed by atoms with Crippen molar-refractivity contribution in [3.05, 3.63) is 29.2 Å². The summed E-state index contributed by atoms with van der Waals surface area (Å²) in [4.78, 5) is 19.6. The van der Waals surface area contributed by atoms with E-state index in [0.29, 0.717) is 17.7 Å². The van der Waals surface area contributed by atoms with Crippen LogP contribution in [0.1, 0.15) is 59.4 Å². The summed E-state index contributed by atoms with van der Waals surface area (Å²) >= 11 is 0. The minimum atomic E-state index is 0.109. The van der Waals surface area contributed by atoms with Crippen molar-refractivity contribution < 1.29 is 9.32 Å². The second-order valence-electron chi connectivity index (χ2n) is 7.84. The number of amides is 1. The third-order valence-electron chi connectivity index (χ3n) is 5.62. The second-order valence-corrected chi connectivity index (χ2v) is 7.84. The number of rotatable bonds is 4. The van der Waals surface area contributed by atoms with Crippen LogP contribution in [-0.4, -0.2) is 56.9 Å². The van der Waals surface area contributed by atoms with Crippen molar-refractivity contribution in [2.24, 2.45) is 13.0 Å². The molecule has 0 spiro atoms. The normalized spacial score (nSPS) is 23.6. The number of piperidine rings is 2. The van der Waals surface area contributed by atoms with Crippen LogP contribution in [0.2, 0.25) is 0 Å². The van der Waals surface area contributed by atoms with Crippen LogP contribution >= 0.6 is 0 Å². The van der Waals surface area contributed by atoms with Gasteiger partial charge in [0.25, 0.3) is 5.91 Å². The fraction of sp³-hybridized carbons (Fsp3) is 0.684. The van der Waals surface area contributed by atoms with Gasteiger partial charge >= 0.3 is 0 Å². The molecule has 0 saturated carbocycles. The van der Waals surface area contributed by atoms with Gasteiger partial charge in [-0.15, -0.1) is 0 Å². The zero-order valence-electron chi connectivity index (χ0n) is 16.1. The number of aryl methyl sites for hydroxylation is 2. The van der Waals surface area contributed by atoms with Crippen molar-refractivity contribution in [3.63, 3.8) is 0 Å². The summed E-state index contributed by atoms with van der Waals surface area (Å²) in [7, 11) is 1.90. The highest BCUT2D eigenvalue weighted by Gasteiger charge is 2.30. The minimum Gasteiger partial charge on any atom is -0.340 e. The zero-order valence-corrected chi connectivity index (χ0v) is 16.1. The van der Waals surface area contributed by atoms with Gasteiger partial charge in [-0.3, -0.25) is 9.48 Å². The highest BCUT2D eigenvalue weighted by molar-refractivity contribution is 5.95. The number of carbonyl (C=O) groups excluding carboxylic acids is 1. The Kier molecular flexibility index (Phi) is 5.24. The summed E-state index contributed by atoms with van der Waals surface area (Å²) in [6, 6.07) is 0. The van der Waals surface area contributed by atoms with E-state index in [2.05, 4.69) is 20.6 Å². The Morgan fingerprint density at radius 1 is 1.37 bits per heavy atom. The molecule has 8 nitrogen and oxygen atoms in total. The Balaban J connectivity index is 1.47. The van der Waals surface area contributed by atoms with Crippen molar-refractivity contribution in [1.29, 1.82) is 0 Å². The predicted molar refractivity (Wildman–Crippen MR) is 99.4 cm³/mol. The van der Waals surface area contributed by atoms with Gasteiger partial charge in [-0.2, -0.15) is 10.1 Å². The quantitative estimate of drug-likeness (QED) is 0.878. The molecule has 1 N–H and O–H groups in total. The molecule has 8 heteroatoms. The Hall–Kier alpha value is -2.22. The molecule has 27 heavy (non-hydrogen) atoms. The third kappa shape index (κ3) is 4.05. The molecule has 4 rings (SSSR count). The van der Waals surface area contributed by atoms with E-state index in [-0.39, 0.29) is 5.91 Å². The number of hydrogen-bond acceptors (Lipinski definition) is 6. The average molecular weight is 372 g/mol. The number of aromatic nitrogens is 4. The van der Waals surface area contributed by atoms with Crippen molar-refractivity contribution in [1.82, 2.24) is 30.1 Å². The monoisotopic (exact) mass is 372 g/mol. The van der Waals surface area contributed by atoms with Gasteiger partial charge in [0.2, 0.25) is 5.89 Å². The number of likely N-dealkylation sites (tertiary alicyclic amines) is 1. The van der Waals surface area contributed by atoms with Crippen LogP contribution in [0, 0.1) is 12.8 Å². The third-order valence-corrected chi connectivity index (χ3v) is 5.62. The molecular formula is C19H28N6O2. The van der Waals surface area contributed by atoms with Gasteiger partial charge in [-0.1, -0.05) is 5.16 Å². The van der Waals surface area contributed by atoms with Crippen LogP contribution in [0.5, 0.6) is 0 Å². The molecule has 146 valence electrons. The number of hydrogen-bond donors (Lipinski definition) is 1. The summed E-state index contributed by atoms with van der Waals surface area (Å²) in [6.45, 7) is 5.30. The molecule has 2 aliphatic heterocycles. The lowest BCUT2D eigenvalue weighted by molar-refractivity contribution is 0.0670. The Bertz CT molecular complexity index is 792. The van der Waals surface area contributed by atoms with E-state index in [1.807, 2.05) is 18.1 Å². The van der Waals surface area contributed by atoms with Crippen molar-refractivity contribution >= 4 is 5.91 Å². The highest BCUT2D eigenvalue weighted by atomic mass is 16.5. The summed E-state index contributed by atoms with van der Waals surface area (Å²) in [6.07, 6.45) is 6.96. The SMILES string of the molecule is Cc1nc(CC2CCCN(C(=O)c3cn(C)nc3C3CCCNC3)C2)no1. The summed E-state index contributed by atoms with van der Waals surface area (Å²) in [5.41, 5.74) is 1.72. The maximum Gasteiger partial charge on any atom is 0.257 e. The predicted octanol–water partition coefficient (Wildman–Crippen LogP) is 1.67. The molecule has 2 aromatic rings. The fourth-order valence-corrected chi connectivity index (χ4v) is 4.33. The largest absolute Gasteiger partial charge is 0.340 e. The molecule has 4 heterocycles. The van der Waals surface area contributed by atoms with Crippen molar-refractivity contribution in [2.45, 2.75) is 44.9 Å². The fourth-order valence-electron chi connectivity index (χ4n) is 4.33. The van der Waals surface area contributed by atoms with Gasteiger partial charge in [0.15, 0.2) is 5.82 Å². The molecule has 2 aliphatic rings. The number of carbonyl (C=O) groups is 1. The number of nitrogens with zero attached hydrogens (tertiary/aromatic N) is 5. The highest BCUT2D eigenvalue weighted by Crippen LogP contribution is 2.27. The van der Waals surface area contributed by atoms with E-state index >= 15 is 0 Å². The molecule has 2 atom stereocenters. The van der Waals surface area contributed by atoms with Gasteiger partial charge in [0.1, 0.15) is 0 Å². The van der Waals surface area contributed by atoms with E-state index in [9.17, 15) is 4.79 Å². The standard InChI is InChI=1S/C19H28N6O2/c1-13-21-17(23-27-13)9-14-5-4-8-25(11-14)19(26)16-12-24(2)22-18(16)15-6-3-7-20-10-15/h12,14-15,20H,3-11H2,1-2H3. The first-order chi connectivity index (χ1) is 13.1. The first-order valence-electron chi connectivity index (χ1n) is 9.93. The van der Waals surface area contributed by atoms with E-state index in [4.69, 9.17) is 4.52 Å². The van der Waals surface area contributed by atoms with Crippen LogP contribution in [0.4, 0.5) is 0 Å². The number of nitrogens with one attached hydrogen (secondary N) is 1. The lowest BCUT2D eigenvalue weighted by atomic mass is 9.91. The second kappa shape index (κ2) is 7.80. The van der Waals surface area contributed by atoms with Crippen LogP contribution in [0.15, 0.2) is 10.7 Å². The molecule has 2 aromatic heterocycles. The van der Waals surface area contributed by atoms with Crippen LogP contribution in [0.3, 0.4) is 0 Å².